The molecule has 18 heavy (non-hydrogen) atoms. The van der Waals surface area contributed by atoms with Crippen molar-refractivity contribution in [1.82, 2.24) is 4.98 Å². The summed E-state index contributed by atoms with van der Waals surface area (Å²) in [6, 6.07) is 9.60. The van der Waals surface area contributed by atoms with Crippen molar-refractivity contribution >= 4 is 17.2 Å². The number of aromatic nitrogens is 1. The lowest BCUT2D eigenvalue weighted by molar-refractivity contribution is -0.384. The average Bonchev–Trinajstić information content (AvgIpc) is 2.32. The number of H-pyrrole nitrogens is 1. The quantitative estimate of drug-likeness (QED) is 0.641. The van der Waals surface area contributed by atoms with Crippen LogP contribution in [0.2, 0.25) is 0 Å². The predicted molar refractivity (Wildman–Crippen MR) is 68.2 cm³/mol. The number of hydrogen-bond acceptors (Lipinski definition) is 4. The molecule has 2 N–H and O–H groups in total. The first-order chi connectivity index (χ1) is 8.56. The fourth-order valence-electron chi connectivity index (χ4n) is 1.50. The van der Waals surface area contributed by atoms with E-state index in [2.05, 4.69) is 10.3 Å². The summed E-state index contributed by atoms with van der Waals surface area (Å²) >= 11 is 0. The monoisotopic (exact) mass is 245 g/mol. The van der Waals surface area contributed by atoms with E-state index >= 15 is 0 Å². The predicted octanol–water partition coefficient (Wildman–Crippen LogP) is 2.34. The highest BCUT2D eigenvalue weighted by Gasteiger charge is 2.14. The van der Waals surface area contributed by atoms with Crippen molar-refractivity contribution in [2.45, 2.75) is 6.92 Å². The van der Waals surface area contributed by atoms with E-state index in [1.54, 1.807) is 12.1 Å². The van der Waals surface area contributed by atoms with Crippen LogP contribution >= 0.6 is 0 Å². The summed E-state index contributed by atoms with van der Waals surface area (Å²) in [6.07, 6.45) is 0. The van der Waals surface area contributed by atoms with Gasteiger partial charge in [0.05, 0.1) is 4.92 Å². The normalized spacial score (nSPS) is 10.1. The minimum absolute atomic E-state index is 0.0800. The molecule has 6 heteroatoms. The minimum atomic E-state index is -0.549. The standard InChI is InChI=1S/C12H11N3O3/c1-8-2-4-9(5-3-8)13-12-10(15(17)18)6-7-11(16)14-12/h2-7H,1H3,(H2,13,14,16). The highest BCUT2D eigenvalue weighted by Crippen LogP contribution is 2.23. The summed E-state index contributed by atoms with van der Waals surface area (Å²) in [4.78, 5) is 23.9. The number of nitrogens with zero attached hydrogens (tertiary/aromatic N) is 1. The van der Waals surface area contributed by atoms with E-state index in [0.717, 1.165) is 11.6 Å². The van der Waals surface area contributed by atoms with Crippen molar-refractivity contribution < 1.29 is 4.92 Å². The Bertz CT molecular complexity index is 632. The molecule has 0 unspecified atom stereocenters. The van der Waals surface area contributed by atoms with Crippen LogP contribution in [0, 0.1) is 17.0 Å². The van der Waals surface area contributed by atoms with Gasteiger partial charge in [0.2, 0.25) is 5.56 Å². The van der Waals surface area contributed by atoms with Gasteiger partial charge in [0.25, 0.3) is 0 Å². The second-order valence-electron chi connectivity index (χ2n) is 3.83. The van der Waals surface area contributed by atoms with Gasteiger partial charge in [0, 0.05) is 17.8 Å². The third kappa shape index (κ3) is 2.54. The first-order valence-corrected chi connectivity index (χ1v) is 5.27. The Kier molecular flexibility index (Phi) is 3.09. The molecule has 0 atom stereocenters. The van der Waals surface area contributed by atoms with Gasteiger partial charge in [-0.15, -0.1) is 0 Å². The topological polar surface area (TPSA) is 88.0 Å². The molecule has 1 heterocycles. The number of aryl methyl sites for hydroxylation is 1. The summed E-state index contributed by atoms with van der Waals surface area (Å²) in [7, 11) is 0. The van der Waals surface area contributed by atoms with E-state index in [0.29, 0.717) is 5.69 Å². The average molecular weight is 245 g/mol. The summed E-state index contributed by atoms with van der Waals surface area (Å²) in [5, 5.41) is 13.6. The zero-order valence-electron chi connectivity index (χ0n) is 9.64. The van der Waals surface area contributed by atoms with Crippen LogP contribution in [0.15, 0.2) is 41.2 Å². The molecule has 0 fully saturated rings. The molecule has 0 aliphatic carbocycles. The van der Waals surface area contributed by atoms with Crippen molar-refractivity contribution in [3.8, 4) is 0 Å². The molecule has 92 valence electrons. The Morgan fingerprint density at radius 3 is 2.44 bits per heavy atom. The van der Waals surface area contributed by atoms with E-state index < -0.39 is 10.5 Å². The van der Waals surface area contributed by atoms with Gasteiger partial charge in [-0.05, 0) is 19.1 Å². The van der Waals surface area contributed by atoms with Crippen molar-refractivity contribution in [3.05, 3.63) is 62.4 Å². The van der Waals surface area contributed by atoms with Gasteiger partial charge < -0.3 is 10.3 Å². The van der Waals surface area contributed by atoms with Crippen molar-refractivity contribution in [2.75, 3.05) is 5.32 Å². The lowest BCUT2D eigenvalue weighted by Crippen LogP contribution is -2.09. The van der Waals surface area contributed by atoms with E-state index in [1.165, 1.54) is 6.07 Å². The molecular weight excluding hydrogens is 234 g/mol. The molecule has 1 aromatic carbocycles. The zero-order chi connectivity index (χ0) is 13.1. The SMILES string of the molecule is Cc1ccc(Nc2[nH]c(=O)ccc2[N+](=O)[O-])cc1. The van der Waals surface area contributed by atoms with Crippen LogP contribution in [0.1, 0.15) is 5.56 Å². The van der Waals surface area contributed by atoms with Crippen molar-refractivity contribution in [3.63, 3.8) is 0 Å². The van der Waals surface area contributed by atoms with Crippen LogP contribution in [-0.4, -0.2) is 9.91 Å². The number of nitrogens with one attached hydrogen (secondary N) is 2. The molecule has 1 aromatic heterocycles. The van der Waals surface area contributed by atoms with Crippen LogP contribution in [-0.2, 0) is 0 Å². The van der Waals surface area contributed by atoms with E-state index in [4.69, 9.17) is 0 Å². The Labute approximate surface area is 102 Å². The Morgan fingerprint density at radius 1 is 1.17 bits per heavy atom. The third-order valence-corrected chi connectivity index (χ3v) is 2.41. The van der Waals surface area contributed by atoms with Crippen LogP contribution in [0.4, 0.5) is 17.2 Å². The number of aromatic amines is 1. The number of pyridine rings is 1. The Balaban J connectivity index is 2.38. The Morgan fingerprint density at radius 2 is 1.83 bits per heavy atom. The number of hydrogen-bond donors (Lipinski definition) is 2. The fourth-order valence-corrected chi connectivity index (χ4v) is 1.50. The molecule has 6 nitrogen and oxygen atoms in total. The van der Waals surface area contributed by atoms with Gasteiger partial charge in [0.1, 0.15) is 0 Å². The van der Waals surface area contributed by atoms with Gasteiger partial charge in [-0.3, -0.25) is 14.9 Å². The fraction of sp³-hybridized carbons (Fsp3) is 0.0833. The molecule has 2 aromatic rings. The second kappa shape index (κ2) is 4.70. The highest BCUT2D eigenvalue weighted by atomic mass is 16.6. The maximum atomic E-state index is 11.2. The lowest BCUT2D eigenvalue weighted by Gasteiger charge is -2.06. The van der Waals surface area contributed by atoms with Gasteiger partial charge in [-0.2, -0.15) is 0 Å². The van der Waals surface area contributed by atoms with Crippen LogP contribution in [0.25, 0.3) is 0 Å². The number of nitro groups is 1. The molecular formula is C12H11N3O3. The van der Waals surface area contributed by atoms with Gasteiger partial charge in [-0.1, -0.05) is 17.7 Å². The zero-order valence-corrected chi connectivity index (χ0v) is 9.64. The number of rotatable bonds is 3. The summed E-state index contributed by atoms with van der Waals surface area (Å²) in [5.74, 6) is 0.0800. The number of anilines is 2. The summed E-state index contributed by atoms with van der Waals surface area (Å²) < 4.78 is 0. The van der Waals surface area contributed by atoms with Crippen LogP contribution < -0.4 is 10.9 Å². The van der Waals surface area contributed by atoms with Gasteiger partial charge >= 0.3 is 5.69 Å². The first kappa shape index (κ1) is 11.8. The lowest BCUT2D eigenvalue weighted by atomic mass is 10.2. The van der Waals surface area contributed by atoms with Gasteiger partial charge in [0.15, 0.2) is 5.82 Å². The largest absolute Gasteiger partial charge is 0.336 e. The van der Waals surface area contributed by atoms with Crippen molar-refractivity contribution in [2.24, 2.45) is 0 Å². The van der Waals surface area contributed by atoms with Gasteiger partial charge in [-0.25, -0.2) is 0 Å². The third-order valence-electron chi connectivity index (χ3n) is 2.41. The molecule has 0 saturated heterocycles. The number of benzene rings is 1. The molecule has 0 radical (unpaired) electrons. The molecule has 0 aliphatic heterocycles. The van der Waals surface area contributed by atoms with Crippen molar-refractivity contribution in [1.29, 1.82) is 0 Å². The van der Waals surface area contributed by atoms with Crippen LogP contribution in [0.5, 0.6) is 0 Å². The van der Waals surface area contributed by atoms with E-state index in [1.807, 2.05) is 19.1 Å². The molecule has 2 rings (SSSR count). The molecule has 0 saturated carbocycles. The highest BCUT2D eigenvalue weighted by molar-refractivity contribution is 5.65. The van der Waals surface area contributed by atoms with Crippen LogP contribution in [0.3, 0.4) is 0 Å². The smallest absolute Gasteiger partial charge is 0.309 e. The first-order valence-electron chi connectivity index (χ1n) is 5.27. The van der Waals surface area contributed by atoms with E-state index in [-0.39, 0.29) is 11.5 Å². The van der Waals surface area contributed by atoms with E-state index in [9.17, 15) is 14.9 Å². The summed E-state index contributed by atoms with van der Waals surface area (Å²) in [6.45, 7) is 1.94. The minimum Gasteiger partial charge on any atom is -0.336 e. The Hall–Kier alpha value is -2.63. The molecule has 0 bridgehead atoms. The molecule has 0 amide bonds. The second-order valence-corrected chi connectivity index (χ2v) is 3.83. The maximum absolute atomic E-state index is 11.2. The molecule has 0 spiro atoms. The summed E-state index contributed by atoms with van der Waals surface area (Å²) in [5.41, 5.74) is 1.19. The molecule has 0 aliphatic rings. The maximum Gasteiger partial charge on any atom is 0.309 e.